The minimum Gasteiger partial charge on any atom is -0.277 e. The van der Waals surface area contributed by atoms with Crippen molar-refractivity contribution < 1.29 is 22.8 Å². The van der Waals surface area contributed by atoms with Gasteiger partial charge in [-0.2, -0.15) is 0 Å². The van der Waals surface area contributed by atoms with Gasteiger partial charge in [0.25, 0.3) is 0 Å². The van der Waals surface area contributed by atoms with Gasteiger partial charge in [0.2, 0.25) is 11.8 Å². The number of hydrogen-bond acceptors (Lipinski definition) is 5. The summed E-state index contributed by atoms with van der Waals surface area (Å²) in [5.41, 5.74) is -2.38. The van der Waals surface area contributed by atoms with Crippen molar-refractivity contribution in [2.45, 2.75) is 45.6 Å². The van der Waals surface area contributed by atoms with E-state index in [2.05, 4.69) is 5.32 Å². The fourth-order valence-electron chi connectivity index (χ4n) is 3.21. The van der Waals surface area contributed by atoms with E-state index in [0.29, 0.717) is 0 Å². The van der Waals surface area contributed by atoms with Crippen LogP contribution in [0.25, 0.3) is 0 Å². The predicted molar refractivity (Wildman–Crippen MR) is 75.1 cm³/mol. The highest BCUT2D eigenvalue weighted by Gasteiger charge is 2.58. The van der Waals surface area contributed by atoms with Crippen LogP contribution in [-0.2, 0) is 19.4 Å². The first-order valence-electron chi connectivity index (χ1n) is 7.02. The topological polar surface area (TPSA) is 101 Å². The average Bonchev–Trinajstić information content (AvgIpc) is 2.65. The van der Waals surface area contributed by atoms with Crippen molar-refractivity contribution >= 4 is 27.7 Å². The Morgan fingerprint density at radius 2 is 1.76 bits per heavy atom. The van der Waals surface area contributed by atoms with Crippen LogP contribution in [0.5, 0.6) is 0 Å². The van der Waals surface area contributed by atoms with Gasteiger partial charge in [0.05, 0.1) is 17.0 Å². The Balaban J connectivity index is 2.46. The van der Waals surface area contributed by atoms with E-state index < -0.39 is 38.6 Å². The third-order valence-corrected chi connectivity index (χ3v) is 6.59. The number of rotatable bonds is 3. The van der Waals surface area contributed by atoms with E-state index in [1.54, 1.807) is 20.8 Å². The summed E-state index contributed by atoms with van der Waals surface area (Å²) in [6.07, 6.45) is 0.730. The molecule has 1 unspecified atom stereocenters. The van der Waals surface area contributed by atoms with Crippen molar-refractivity contribution in [3.63, 3.8) is 0 Å². The molecule has 2 fully saturated rings. The lowest BCUT2D eigenvalue weighted by Crippen LogP contribution is -2.69. The Morgan fingerprint density at radius 1 is 1.19 bits per heavy atom. The molecule has 0 aromatic carbocycles. The average molecular weight is 316 g/mol. The first kappa shape index (κ1) is 15.9. The summed E-state index contributed by atoms with van der Waals surface area (Å²) in [7, 11) is -3.27. The molecule has 0 bridgehead atoms. The van der Waals surface area contributed by atoms with Gasteiger partial charge in [0.1, 0.15) is 5.41 Å². The van der Waals surface area contributed by atoms with Gasteiger partial charge >= 0.3 is 6.03 Å². The predicted octanol–water partition coefficient (Wildman–Crippen LogP) is 0.448. The highest BCUT2D eigenvalue weighted by atomic mass is 32.2. The van der Waals surface area contributed by atoms with Gasteiger partial charge in [-0.25, -0.2) is 13.2 Å². The third-order valence-electron chi connectivity index (χ3n) is 4.70. The van der Waals surface area contributed by atoms with E-state index >= 15 is 0 Å². The maximum atomic E-state index is 12.8. The SMILES string of the molecule is CCC1(CC)C(=O)NC(=O)N(C2(C)CCS(=O)(=O)C2)C1=O. The number of hydrogen-bond donors (Lipinski definition) is 1. The van der Waals surface area contributed by atoms with Crippen molar-refractivity contribution in [1.29, 1.82) is 0 Å². The molecule has 0 saturated carbocycles. The van der Waals surface area contributed by atoms with Crippen LogP contribution >= 0.6 is 0 Å². The first-order valence-corrected chi connectivity index (χ1v) is 8.84. The molecule has 0 spiro atoms. The number of nitrogens with one attached hydrogen (secondary N) is 1. The van der Waals surface area contributed by atoms with Crippen LogP contribution in [0.15, 0.2) is 0 Å². The van der Waals surface area contributed by atoms with Crippen molar-refractivity contribution in [2.24, 2.45) is 5.41 Å². The van der Waals surface area contributed by atoms with Gasteiger partial charge in [-0.15, -0.1) is 0 Å². The van der Waals surface area contributed by atoms with Gasteiger partial charge in [-0.1, -0.05) is 13.8 Å². The zero-order valence-corrected chi connectivity index (χ0v) is 13.2. The van der Waals surface area contributed by atoms with E-state index in [0.717, 1.165) is 4.90 Å². The highest BCUT2D eigenvalue weighted by molar-refractivity contribution is 7.91. The number of sulfone groups is 1. The van der Waals surface area contributed by atoms with Crippen LogP contribution in [0.1, 0.15) is 40.0 Å². The molecule has 7 nitrogen and oxygen atoms in total. The maximum Gasteiger partial charge on any atom is 0.331 e. The molecule has 0 aromatic heterocycles. The number of carbonyl (C=O) groups excluding carboxylic acids is 3. The largest absolute Gasteiger partial charge is 0.331 e. The third kappa shape index (κ3) is 2.25. The number of imide groups is 2. The van der Waals surface area contributed by atoms with Gasteiger partial charge in [-0.05, 0) is 26.2 Å². The zero-order chi connectivity index (χ0) is 16.1. The molecule has 2 saturated heterocycles. The molecule has 2 heterocycles. The zero-order valence-electron chi connectivity index (χ0n) is 12.4. The molecule has 4 amide bonds. The van der Waals surface area contributed by atoms with Gasteiger partial charge in [-0.3, -0.25) is 19.8 Å². The van der Waals surface area contributed by atoms with Crippen LogP contribution in [0.3, 0.4) is 0 Å². The van der Waals surface area contributed by atoms with Crippen molar-refractivity contribution in [3.05, 3.63) is 0 Å². The van der Waals surface area contributed by atoms with Crippen molar-refractivity contribution in [2.75, 3.05) is 11.5 Å². The van der Waals surface area contributed by atoms with Crippen LogP contribution in [-0.4, -0.2) is 48.2 Å². The molecule has 21 heavy (non-hydrogen) atoms. The van der Waals surface area contributed by atoms with Gasteiger partial charge in [0, 0.05) is 0 Å². The second-order valence-electron chi connectivity index (χ2n) is 6.03. The minimum absolute atomic E-state index is 0.0558. The normalized spacial score (nSPS) is 31.4. The fraction of sp³-hybridized carbons (Fsp3) is 0.769. The second-order valence-corrected chi connectivity index (χ2v) is 8.21. The van der Waals surface area contributed by atoms with Crippen LogP contribution in [0.4, 0.5) is 4.79 Å². The molecular weight excluding hydrogens is 296 g/mol. The van der Waals surface area contributed by atoms with Gasteiger partial charge < -0.3 is 0 Å². The standard InChI is InChI=1S/C13H20N2O5S/c1-4-13(5-2)9(16)14-11(18)15(10(13)17)12(3)6-7-21(19,20)8-12/h4-8H2,1-3H3,(H,14,16,18). The van der Waals surface area contributed by atoms with E-state index in [4.69, 9.17) is 0 Å². The molecule has 1 N–H and O–H groups in total. The molecule has 2 rings (SSSR count). The maximum absolute atomic E-state index is 12.8. The molecule has 118 valence electrons. The molecule has 0 aliphatic carbocycles. The summed E-state index contributed by atoms with van der Waals surface area (Å²) in [6.45, 7) is 5.01. The molecule has 0 aromatic rings. The number of nitrogens with zero attached hydrogens (tertiary/aromatic N) is 1. The van der Waals surface area contributed by atoms with Gasteiger partial charge in [0.15, 0.2) is 9.84 Å². The second kappa shape index (κ2) is 4.79. The first-order chi connectivity index (χ1) is 9.62. The molecule has 0 radical (unpaired) electrons. The summed E-state index contributed by atoms with van der Waals surface area (Å²) in [6, 6.07) is -0.817. The van der Waals surface area contributed by atoms with E-state index in [1.165, 1.54) is 0 Å². The summed E-state index contributed by atoms with van der Waals surface area (Å²) >= 11 is 0. The van der Waals surface area contributed by atoms with Crippen LogP contribution in [0.2, 0.25) is 0 Å². The Morgan fingerprint density at radius 3 is 2.19 bits per heavy atom. The van der Waals surface area contributed by atoms with Crippen LogP contribution in [0, 0.1) is 5.41 Å². The Labute approximate surface area is 124 Å². The molecule has 8 heteroatoms. The van der Waals surface area contributed by atoms with Crippen LogP contribution < -0.4 is 5.32 Å². The number of carbonyl (C=O) groups is 3. The van der Waals surface area contributed by atoms with E-state index in [-0.39, 0.29) is 30.8 Å². The molecule has 1 atom stereocenters. The smallest absolute Gasteiger partial charge is 0.277 e. The number of urea groups is 1. The molecular formula is C13H20N2O5S. The lowest BCUT2D eigenvalue weighted by molar-refractivity contribution is -0.155. The molecule has 2 aliphatic heterocycles. The highest BCUT2D eigenvalue weighted by Crippen LogP contribution is 2.38. The summed E-state index contributed by atoms with van der Waals surface area (Å²) < 4.78 is 23.5. The Bertz CT molecular complexity index is 608. The number of barbiturate groups is 1. The van der Waals surface area contributed by atoms with Crippen molar-refractivity contribution in [1.82, 2.24) is 10.2 Å². The van der Waals surface area contributed by atoms with Crippen molar-refractivity contribution in [3.8, 4) is 0 Å². The number of amides is 4. The lowest BCUT2D eigenvalue weighted by Gasteiger charge is -2.44. The monoisotopic (exact) mass is 316 g/mol. The summed E-state index contributed by atoms with van der Waals surface area (Å²) in [5.74, 6) is -1.49. The summed E-state index contributed by atoms with van der Waals surface area (Å²) in [4.78, 5) is 38.0. The lowest BCUT2D eigenvalue weighted by atomic mass is 9.77. The Hall–Kier alpha value is -1.44. The van der Waals surface area contributed by atoms with E-state index in [1.807, 2.05) is 0 Å². The molecule has 2 aliphatic rings. The summed E-state index contributed by atoms with van der Waals surface area (Å²) in [5, 5.41) is 2.21. The fourth-order valence-corrected chi connectivity index (χ4v) is 5.33. The minimum atomic E-state index is -3.27. The quantitative estimate of drug-likeness (QED) is 0.762. The Kier molecular flexibility index (Phi) is 3.64. The van der Waals surface area contributed by atoms with E-state index in [9.17, 15) is 22.8 Å².